The molecule has 0 aliphatic heterocycles. The van der Waals surface area contributed by atoms with E-state index >= 15 is 0 Å². The van der Waals surface area contributed by atoms with E-state index in [1.165, 1.54) is 0 Å². The standard InChI is InChI=1S/C14H21ClN2O2/c1-14(2,3)12(13(16)19)17-8-11(18)9-6-4-5-7-10(9)15/h4-7,11-12,17-18H,8H2,1-3H3,(H2,16,19)/t11?,12-/m1/s1. The molecule has 106 valence electrons. The van der Waals surface area contributed by atoms with Crippen molar-refractivity contribution in [2.45, 2.75) is 32.9 Å². The molecular weight excluding hydrogens is 264 g/mol. The van der Waals surface area contributed by atoms with Crippen molar-refractivity contribution in [2.24, 2.45) is 11.1 Å². The molecule has 5 heteroatoms. The average Bonchev–Trinajstić information content (AvgIpc) is 2.27. The fourth-order valence-electron chi connectivity index (χ4n) is 1.92. The highest BCUT2D eigenvalue weighted by atomic mass is 35.5. The van der Waals surface area contributed by atoms with Gasteiger partial charge in [-0.15, -0.1) is 0 Å². The van der Waals surface area contributed by atoms with E-state index < -0.39 is 18.1 Å². The Morgan fingerprint density at radius 2 is 2.00 bits per heavy atom. The Labute approximate surface area is 118 Å². The lowest BCUT2D eigenvalue weighted by Crippen LogP contribution is -2.50. The SMILES string of the molecule is CC(C)(C)[C@H](NCC(O)c1ccccc1Cl)C(N)=O. The zero-order valence-corrected chi connectivity index (χ0v) is 12.2. The van der Waals surface area contributed by atoms with Gasteiger partial charge in [-0.1, -0.05) is 50.6 Å². The van der Waals surface area contributed by atoms with Crippen molar-refractivity contribution in [3.05, 3.63) is 34.9 Å². The number of carbonyl (C=O) groups excluding carboxylic acids is 1. The van der Waals surface area contributed by atoms with E-state index in [2.05, 4.69) is 5.32 Å². The minimum Gasteiger partial charge on any atom is -0.387 e. The van der Waals surface area contributed by atoms with Gasteiger partial charge in [0.15, 0.2) is 0 Å². The van der Waals surface area contributed by atoms with Gasteiger partial charge in [-0.3, -0.25) is 4.79 Å². The number of halogens is 1. The van der Waals surface area contributed by atoms with Crippen molar-refractivity contribution < 1.29 is 9.90 Å². The van der Waals surface area contributed by atoms with Crippen LogP contribution in [0.25, 0.3) is 0 Å². The lowest BCUT2D eigenvalue weighted by atomic mass is 9.86. The van der Waals surface area contributed by atoms with Crippen LogP contribution < -0.4 is 11.1 Å². The zero-order chi connectivity index (χ0) is 14.6. The molecule has 1 amide bonds. The second kappa shape index (κ2) is 6.37. The number of nitrogens with two attached hydrogens (primary N) is 1. The molecule has 19 heavy (non-hydrogen) atoms. The van der Waals surface area contributed by atoms with E-state index in [4.69, 9.17) is 17.3 Å². The number of rotatable bonds is 5. The van der Waals surface area contributed by atoms with Crippen LogP contribution in [0, 0.1) is 5.41 Å². The second-order valence-electron chi connectivity index (χ2n) is 5.65. The predicted octanol–water partition coefficient (Wildman–Crippen LogP) is 1.86. The Morgan fingerprint density at radius 1 is 1.42 bits per heavy atom. The van der Waals surface area contributed by atoms with Crippen molar-refractivity contribution in [1.29, 1.82) is 0 Å². The highest BCUT2D eigenvalue weighted by Crippen LogP contribution is 2.23. The Hall–Kier alpha value is -1.10. The molecule has 2 atom stereocenters. The van der Waals surface area contributed by atoms with E-state index in [0.29, 0.717) is 10.6 Å². The normalized spacial score (nSPS) is 15.0. The smallest absolute Gasteiger partial charge is 0.235 e. The number of aliphatic hydroxyl groups is 1. The second-order valence-corrected chi connectivity index (χ2v) is 6.05. The molecule has 0 bridgehead atoms. The molecule has 1 unspecified atom stereocenters. The molecular formula is C14H21ClN2O2. The molecule has 4 nitrogen and oxygen atoms in total. The summed E-state index contributed by atoms with van der Waals surface area (Å²) in [6.45, 7) is 5.96. The van der Waals surface area contributed by atoms with Crippen molar-refractivity contribution in [3.8, 4) is 0 Å². The topological polar surface area (TPSA) is 75.3 Å². The van der Waals surface area contributed by atoms with Crippen LogP contribution >= 0.6 is 11.6 Å². The molecule has 0 aromatic heterocycles. The minimum absolute atomic E-state index is 0.217. The fraction of sp³-hybridized carbons (Fsp3) is 0.500. The maximum atomic E-state index is 11.4. The summed E-state index contributed by atoms with van der Waals surface area (Å²) in [6.07, 6.45) is -0.780. The summed E-state index contributed by atoms with van der Waals surface area (Å²) in [7, 11) is 0. The molecule has 0 saturated heterocycles. The lowest BCUT2D eigenvalue weighted by molar-refractivity contribution is -0.122. The number of hydrogen-bond acceptors (Lipinski definition) is 3. The van der Waals surface area contributed by atoms with Gasteiger partial charge in [0, 0.05) is 17.1 Å². The fourth-order valence-corrected chi connectivity index (χ4v) is 2.18. The van der Waals surface area contributed by atoms with Crippen molar-refractivity contribution in [3.63, 3.8) is 0 Å². The highest BCUT2D eigenvalue weighted by Gasteiger charge is 2.29. The van der Waals surface area contributed by atoms with Crippen LogP contribution in [0.3, 0.4) is 0 Å². The maximum Gasteiger partial charge on any atom is 0.235 e. The van der Waals surface area contributed by atoms with Gasteiger partial charge in [0.25, 0.3) is 0 Å². The summed E-state index contributed by atoms with van der Waals surface area (Å²) in [5.41, 5.74) is 5.69. The molecule has 0 heterocycles. The molecule has 4 N–H and O–H groups in total. The third-order valence-electron chi connectivity index (χ3n) is 2.93. The number of amides is 1. The van der Waals surface area contributed by atoms with E-state index in [-0.39, 0.29) is 12.0 Å². The van der Waals surface area contributed by atoms with Gasteiger partial charge >= 0.3 is 0 Å². The first-order chi connectivity index (χ1) is 8.73. The molecule has 0 saturated carbocycles. The number of hydrogen-bond donors (Lipinski definition) is 3. The van der Waals surface area contributed by atoms with Crippen LogP contribution in [0.4, 0.5) is 0 Å². The van der Waals surface area contributed by atoms with Gasteiger partial charge in [-0.05, 0) is 11.5 Å². The first kappa shape index (κ1) is 16.0. The van der Waals surface area contributed by atoms with E-state index in [0.717, 1.165) is 0 Å². The van der Waals surface area contributed by atoms with Gasteiger partial charge in [-0.2, -0.15) is 0 Å². The van der Waals surface area contributed by atoms with Crippen LogP contribution in [0.5, 0.6) is 0 Å². The highest BCUT2D eigenvalue weighted by molar-refractivity contribution is 6.31. The largest absolute Gasteiger partial charge is 0.387 e. The number of nitrogens with one attached hydrogen (secondary N) is 1. The maximum absolute atomic E-state index is 11.4. The number of primary amides is 1. The van der Waals surface area contributed by atoms with Crippen molar-refractivity contribution in [1.82, 2.24) is 5.32 Å². The number of aliphatic hydroxyl groups excluding tert-OH is 1. The number of carbonyl (C=O) groups is 1. The van der Waals surface area contributed by atoms with Crippen LogP contribution in [-0.4, -0.2) is 23.6 Å². The number of benzene rings is 1. The van der Waals surface area contributed by atoms with Gasteiger partial charge < -0.3 is 16.2 Å². The molecule has 0 aliphatic rings. The van der Waals surface area contributed by atoms with Crippen molar-refractivity contribution in [2.75, 3.05) is 6.54 Å². The minimum atomic E-state index is -0.780. The van der Waals surface area contributed by atoms with E-state index in [1.54, 1.807) is 24.3 Å². The first-order valence-electron chi connectivity index (χ1n) is 6.18. The van der Waals surface area contributed by atoms with E-state index in [1.807, 2.05) is 20.8 Å². The summed E-state index contributed by atoms with van der Waals surface area (Å²) in [6, 6.07) is 6.57. The monoisotopic (exact) mass is 284 g/mol. The third-order valence-corrected chi connectivity index (χ3v) is 3.27. The Kier molecular flexibility index (Phi) is 5.35. The molecule has 0 fully saturated rings. The zero-order valence-electron chi connectivity index (χ0n) is 11.5. The lowest BCUT2D eigenvalue weighted by Gasteiger charge is -2.29. The summed E-state index contributed by atoms with van der Waals surface area (Å²) in [4.78, 5) is 11.4. The molecule has 1 aromatic carbocycles. The van der Waals surface area contributed by atoms with Gasteiger partial charge in [0.05, 0.1) is 12.1 Å². The summed E-state index contributed by atoms with van der Waals surface area (Å²) >= 11 is 6.01. The van der Waals surface area contributed by atoms with Crippen LogP contribution in [-0.2, 0) is 4.79 Å². The van der Waals surface area contributed by atoms with Crippen LogP contribution in [0.1, 0.15) is 32.4 Å². The quantitative estimate of drug-likeness (QED) is 0.772. The Morgan fingerprint density at radius 3 is 2.47 bits per heavy atom. The first-order valence-corrected chi connectivity index (χ1v) is 6.56. The Balaban J connectivity index is 2.70. The van der Waals surface area contributed by atoms with Crippen LogP contribution in [0.15, 0.2) is 24.3 Å². The van der Waals surface area contributed by atoms with Crippen molar-refractivity contribution >= 4 is 17.5 Å². The van der Waals surface area contributed by atoms with Gasteiger partial charge in [0.1, 0.15) is 0 Å². The average molecular weight is 285 g/mol. The van der Waals surface area contributed by atoms with E-state index in [9.17, 15) is 9.90 Å². The van der Waals surface area contributed by atoms with Gasteiger partial charge in [-0.25, -0.2) is 0 Å². The Bertz CT molecular complexity index is 443. The summed E-state index contributed by atoms with van der Waals surface area (Å²) in [5.74, 6) is -0.432. The van der Waals surface area contributed by atoms with Crippen LogP contribution in [0.2, 0.25) is 5.02 Å². The molecule has 0 spiro atoms. The molecule has 0 aliphatic carbocycles. The third kappa shape index (κ3) is 4.49. The summed E-state index contributed by atoms with van der Waals surface area (Å²) in [5, 5.41) is 13.6. The molecule has 0 radical (unpaired) electrons. The molecule has 1 aromatic rings. The summed E-state index contributed by atoms with van der Waals surface area (Å²) < 4.78 is 0. The predicted molar refractivity (Wildman–Crippen MR) is 76.9 cm³/mol. The van der Waals surface area contributed by atoms with Gasteiger partial charge in [0.2, 0.25) is 5.91 Å². The molecule has 1 rings (SSSR count).